The van der Waals surface area contributed by atoms with Crippen molar-refractivity contribution in [1.82, 2.24) is 9.80 Å². The molecule has 0 bridgehead atoms. The molecule has 5 atom stereocenters. The van der Waals surface area contributed by atoms with Gasteiger partial charge in [0.1, 0.15) is 37.7 Å². The smallest absolute Gasteiger partial charge is 0.311 e. The number of thioether (sulfide) groups is 1. The Bertz CT molecular complexity index is 2110. The second kappa shape index (κ2) is 31.6. The van der Waals surface area contributed by atoms with Crippen LogP contribution in [0.1, 0.15) is 121 Å². The molecule has 0 fully saturated rings. The Kier molecular flexibility index (Phi) is 28.3. The van der Waals surface area contributed by atoms with Crippen LogP contribution in [-0.4, -0.2) is 174 Å². The van der Waals surface area contributed by atoms with Crippen molar-refractivity contribution in [2.75, 3.05) is 107 Å². The number of carbonyl (C=O) groups is 4. The third-order valence-corrected chi connectivity index (χ3v) is 15.0. The molecule has 76 heavy (non-hydrogen) atoms. The first-order valence-corrected chi connectivity index (χ1v) is 27.6. The summed E-state index contributed by atoms with van der Waals surface area (Å²) in [5, 5.41) is 9.65. The van der Waals surface area contributed by atoms with Crippen LogP contribution in [-0.2, 0) is 61.8 Å². The molecule has 5 unspecified atom stereocenters. The molecule has 1 aliphatic rings. The average Bonchev–Trinajstić information content (AvgIpc) is 3.62. The summed E-state index contributed by atoms with van der Waals surface area (Å²) in [5.74, 6) is -2.01. The van der Waals surface area contributed by atoms with Crippen molar-refractivity contribution >= 4 is 58.0 Å². The second-order valence-electron chi connectivity index (χ2n) is 22.9. The summed E-state index contributed by atoms with van der Waals surface area (Å²) in [7, 11) is 6.80. The van der Waals surface area contributed by atoms with Crippen molar-refractivity contribution in [2.24, 2.45) is 32.1 Å². The van der Waals surface area contributed by atoms with Crippen molar-refractivity contribution in [3.63, 3.8) is 0 Å². The fourth-order valence-electron chi connectivity index (χ4n) is 9.81. The highest BCUT2D eigenvalue weighted by atomic mass is 32.2. The van der Waals surface area contributed by atoms with Crippen LogP contribution in [0, 0.1) is 38.4 Å². The van der Waals surface area contributed by atoms with Crippen molar-refractivity contribution in [3.8, 4) is 6.07 Å². The van der Waals surface area contributed by atoms with Crippen LogP contribution in [0.15, 0.2) is 47.7 Å². The highest BCUT2D eigenvalue weighted by Gasteiger charge is 2.56. The number of likely N-dealkylation sites (N-methyl/N-ethyl adjacent to an activating group) is 1. The Morgan fingerprint density at radius 3 is 1.53 bits per heavy atom. The number of nitrogens with zero attached hydrogens (tertiary/aromatic N) is 4. The van der Waals surface area contributed by atoms with E-state index in [0.29, 0.717) is 42.2 Å². The van der Waals surface area contributed by atoms with Gasteiger partial charge >= 0.3 is 23.9 Å². The molecule has 17 nitrogen and oxygen atoms in total. The van der Waals surface area contributed by atoms with E-state index in [4.69, 9.17) is 59.8 Å². The van der Waals surface area contributed by atoms with Gasteiger partial charge in [0.05, 0.1) is 82.2 Å². The van der Waals surface area contributed by atoms with Crippen molar-refractivity contribution in [3.05, 3.63) is 48.2 Å². The maximum absolute atomic E-state index is 15.4. The lowest BCUT2D eigenvalue weighted by molar-refractivity contribution is -0.174. The number of thiocarbonyl (C=S) groups is 1. The number of carbonyl (C=O) groups excluding carboxylic acids is 4. The molecule has 19 heteroatoms. The Morgan fingerprint density at radius 2 is 1.11 bits per heavy atom. The molecule has 0 radical (unpaired) electrons. The maximum atomic E-state index is 15.4. The molecule has 1 aromatic carbocycles. The van der Waals surface area contributed by atoms with Gasteiger partial charge in [-0.1, -0.05) is 49.1 Å². The highest BCUT2D eigenvalue weighted by Crippen LogP contribution is 2.53. The highest BCUT2D eigenvalue weighted by molar-refractivity contribution is 8.24. The number of aliphatic imine (C=N–C) groups is 1. The van der Waals surface area contributed by atoms with E-state index in [2.05, 4.69) is 45.2 Å². The van der Waals surface area contributed by atoms with E-state index in [1.165, 1.54) is 11.8 Å². The predicted molar refractivity (Wildman–Crippen MR) is 301 cm³/mol. The number of ether oxygens (including phenoxy) is 9. The number of benzene rings is 1. The average molecular weight is 1110 g/mol. The van der Waals surface area contributed by atoms with Crippen molar-refractivity contribution in [1.29, 1.82) is 5.26 Å². The topological polar surface area (TPSA) is 194 Å². The Balaban J connectivity index is 3.03. The zero-order valence-electron chi connectivity index (χ0n) is 48.8. The van der Waals surface area contributed by atoms with Crippen LogP contribution in [0.5, 0.6) is 0 Å². The minimum Gasteiger partial charge on any atom is -0.464 e. The lowest BCUT2D eigenvalue weighted by Crippen LogP contribution is -2.49. The normalized spacial score (nSPS) is 17.1. The molecule has 0 saturated carbocycles. The molecule has 1 aromatic rings. The number of rotatable bonds is 37. The van der Waals surface area contributed by atoms with Gasteiger partial charge < -0.3 is 47.5 Å². The molecule has 0 amide bonds. The summed E-state index contributed by atoms with van der Waals surface area (Å²) < 4.78 is 52.8. The summed E-state index contributed by atoms with van der Waals surface area (Å²) >= 11 is 7.37. The Labute approximate surface area is 464 Å². The summed E-state index contributed by atoms with van der Waals surface area (Å²) in [6.07, 6.45) is -0.814. The standard InChI is InChI=1S/C57H92N4O13S2/c1-41(2)61(42(3)4)24-26-71-48(62)54(10,35-45(46-59-53(8,9)43(5)74-46)76-47(75)44-21-19-18-20-22-44)37-56(12,50(64)72-33-31-68-29-27-66-16)39-57(13,51(65)73-34-32-69-30-28-67-17)38-55(11,36-52(6,7)40-58)49(63)70-25-23-60(14)15/h18-22,41-42,45H,5,23-39H2,1-4,6-17H3. The van der Waals surface area contributed by atoms with Crippen LogP contribution in [0.3, 0.4) is 0 Å². The molecular weight excluding hydrogens is 1010 g/mol. The maximum Gasteiger partial charge on any atom is 0.311 e. The Hall–Kier alpha value is -4.00. The molecular formula is C57H92N4O13S2. The lowest BCUT2D eigenvalue weighted by Gasteiger charge is -2.44. The van der Waals surface area contributed by atoms with E-state index >= 15 is 14.4 Å². The lowest BCUT2D eigenvalue weighted by atomic mass is 9.59. The van der Waals surface area contributed by atoms with Crippen LogP contribution >= 0.6 is 24.0 Å². The van der Waals surface area contributed by atoms with Gasteiger partial charge in [-0.15, -0.1) is 11.8 Å². The molecule has 0 aromatic heterocycles. The summed E-state index contributed by atoms with van der Waals surface area (Å²) in [6, 6.07) is 12.1. The largest absolute Gasteiger partial charge is 0.464 e. The first kappa shape index (κ1) is 68.1. The Morgan fingerprint density at radius 1 is 0.684 bits per heavy atom. The van der Waals surface area contributed by atoms with E-state index < -0.39 is 61.7 Å². The van der Waals surface area contributed by atoms with Crippen LogP contribution in [0.4, 0.5) is 0 Å². The minimum absolute atomic E-state index is 0.0149. The predicted octanol–water partition coefficient (Wildman–Crippen LogP) is 8.89. The molecule has 0 aliphatic carbocycles. The number of hydrogen-bond donors (Lipinski definition) is 0. The fourth-order valence-corrected chi connectivity index (χ4v) is 11.5. The molecule has 430 valence electrons. The van der Waals surface area contributed by atoms with Crippen LogP contribution < -0.4 is 0 Å². The van der Waals surface area contributed by atoms with E-state index in [1.54, 1.807) is 55.8 Å². The van der Waals surface area contributed by atoms with Gasteiger partial charge in [0.15, 0.2) is 0 Å². The van der Waals surface area contributed by atoms with Crippen LogP contribution in [0.2, 0.25) is 0 Å². The number of methoxy groups -OCH3 is 2. The van der Waals surface area contributed by atoms with Crippen molar-refractivity contribution in [2.45, 2.75) is 138 Å². The molecule has 2 rings (SSSR count). The molecule has 1 aliphatic heterocycles. The van der Waals surface area contributed by atoms with Gasteiger partial charge in [0, 0.05) is 39.4 Å². The van der Waals surface area contributed by atoms with Crippen LogP contribution in [0.25, 0.3) is 0 Å². The quantitative estimate of drug-likeness (QED) is 0.0265. The number of esters is 4. The van der Waals surface area contributed by atoms with E-state index in [-0.39, 0.29) is 97.0 Å². The minimum atomic E-state index is -1.72. The fraction of sp³-hybridized carbons (Fsp3) is 0.737. The second-order valence-corrected chi connectivity index (χ2v) is 24.8. The summed E-state index contributed by atoms with van der Waals surface area (Å²) in [4.78, 5) is 69.4. The first-order valence-electron chi connectivity index (χ1n) is 26.3. The first-order chi connectivity index (χ1) is 35.4. The van der Waals surface area contributed by atoms with Crippen molar-refractivity contribution < 1.29 is 61.8 Å². The zero-order chi connectivity index (χ0) is 57.5. The third kappa shape index (κ3) is 22.0. The molecule has 0 N–H and O–H groups in total. The van der Waals surface area contributed by atoms with Gasteiger partial charge in [-0.3, -0.25) is 24.1 Å². The van der Waals surface area contributed by atoms with E-state index in [1.807, 2.05) is 63.2 Å². The van der Waals surface area contributed by atoms with E-state index in [9.17, 15) is 10.1 Å². The molecule has 1 heterocycles. The SMILES string of the molecule is C=C1OC(C(CC(C)(CC(C)(CC(C)(CC(C)(CC(C)(C)C#N)C(=O)OCCN(C)C)C(=O)OCCOCCOC)C(=O)OCCOCCOC)C(=O)OCCN(C(C)C)C(C)C)SC(=S)c2ccccc2)=NC1(C)C. The van der Waals surface area contributed by atoms with Gasteiger partial charge in [-0.2, -0.15) is 5.26 Å². The summed E-state index contributed by atoms with van der Waals surface area (Å²) in [5.41, 5.74) is -7.57. The molecule has 0 spiro atoms. The van der Waals surface area contributed by atoms with Gasteiger partial charge in [-0.25, -0.2) is 4.99 Å². The monoisotopic (exact) mass is 1100 g/mol. The third-order valence-electron chi connectivity index (χ3n) is 13.4. The van der Waals surface area contributed by atoms with E-state index in [0.717, 1.165) is 5.56 Å². The number of hydrogen-bond acceptors (Lipinski definition) is 19. The number of nitriles is 1. The van der Waals surface area contributed by atoms with Gasteiger partial charge in [-0.05, 0) is 135 Å². The van der Waals surface area contributed by atoms with Gasteiger partial charge in [0.25, 0.3) is 0 Å². The molecule has 0 saturated heterocycles. The zero-order valence-corrected chi connectivity index (χ0v) is 50.4. The van der Waals surface area contributed by atoms with Gasteiger partial charge in [0.2, 0.25) is 5.90 Å². The summed E-state index contributed by atoms with van der Waals surface area (Å²) in [6.45, 7) is 28.2.